The molecule has 2 heteroatoms. The van der Waals surface area contributed by atoms with E-state index in [4.69, 9.17) is 0 Å². The number of hydrogen-bond acceptors (Lipinski definition) is 0. The van der Waals surface area contributed by atoms with Crippen molar-refractivity contribution >= 4 is 16.1 Å². The summed E-state index contributed by atoms with van der Waals surface area (Å²) in [6.45, 7) is 17.3. The van der Waals surface area contributed by atoms with Crippen molar-refractivity contribution in [2.24, 2.45) is 0 Å². The van der Waals surface area contributed by atoms with Gasteiger partial charge in [-0.05, 0) is 0 Å². The Kier molecular flexibility index (Phi) is 3.57. The Morgan fingerprint density at radius 1 is 0.909 bits per heavy atom. The lowest BCUT2D eigenvalue weighted by Gasteiger charge is -2.30. The van der Waals surface area contributed by atoms with Crippen molar-refractivity contribution in [3.8, 4) is 0 Å². The third-order valence-electron chi connectivity index (χ3n) is 2.40. The summed E-state index contributed by atoms with van der Waals surface area (Å²) in [6, 6.07) is 1.52. The lowest BCUT2D eigenvalue weighted by atomic mass is 10.5. The predicted octanol–water partition coefficient (Wildman–Crippen LogP) is 4.05. The second-order valence-corrected chi connectivity index (χ2v) is 17.3. The minimum Gasteiger partial charge on any atom is -0.0695 e. The van der Waals surface area contributed by atoms with Gasteiger partial charge in [0, 0.05) is 16.1 Å². The van der Waals surface area contributed by atoms with Gasteiger partial charge < -0.3 is 0 Å². The molecule has 0 aliphatic heterocycles. The molecule has 0 heterocycles. The fourth-order valence-corrected chi connectivity index (χ4v) is 7.35. The van der Waals surface area contributed by atoms with E-state index < -0.39 is 16.1 Å². The van der Waals surface area contributed by atoms with E-state index in [0.717, 1.165) is 5.54 Å². The summed E-state index contributed by atoms with van der Waals surface area (Å²) in [7, 11) is -1.63. The molecule has 0 saturated carbocycles. The van der Waals surface area contributed by atoms with E-state index in [1.54, 1.807) is 0 Å². The van der Waals surface area contributed by atoms with Crippen LogP contribution in [0.25, 0.3) is 0 Å². The zero-order valence-electron chi connectivity index (χ0n) is 9.28. The van der Waals surface area contributed by atoms with Crippen molar-refractivity contribution in [1.82, 2.24) is 0 Å². The van der Waals surface area contributed by atoms with E-state index >= 15 is 0 Å². The van der Waals surface area contributed by atoms with Gasteiger partial charge in [0.1, 0.15) is 0 Å². The highest BCUT2D eigenvalue weighted by molar-refractivity contribution is 6.82. The molecule has 0 spiro atoms. The van der Waals surface area contributed by atoms with Crippen molar-refractivity contribution in [3.63, 3.8) is 0 Å². The van der Waals surface area contributed by atoms with Crippen molar-refractivity contribution in [1.29, 1.82) is 0 Å². The standard InChI is InChI=1S/C9H24Si2/c1-9(11(5,6)7)8-10(2,3)4/h9H,8H2,1-7H3. The third kappa shape index (κ3) is 5.68. The van der Waals surface area contributed by atoms with Crippen LogP contribution in [0.2, 0.25) is 50.9 Å². The summed E-state index contributed by atoms with van der Waals surface area (Å²) in [4.78, 5) is 0. The largest absolute Gasteiger partial charge is 0.0695 e. The van der Waals surface area contributed by atoms with Gasteiger partial charge in [-0.1, -0.05) is 57.8 Å². The molecular weight excluding hydrogens is 164 g/mol. The van der Waals surface area contributed by atoms with E-state index in [1.165, 1.54) is 6.04 Å². The minimum atomic E-state index is -0.836. The van der Waals surface area contributed by atoms with Gasteiger partial charge in [0.25, 0.3) is 0 Å². The van der Waals surface area contributed by atoms with E-state index in [-0.39, 0.29) is 0 Å². The fraction of sp³-hybridized carbons (Fsp3) is 1.00. The molecule has 0 aliphatic rings. The van der Waals surface area contributed by atoms with Crippen molar-refractivity contribution in [2.75, 3.05) is 0 Å². The first-order valence-corrected chi connectivity index (χ1v) is 11.9. The second-order valence-electron chi connectivity index (χ2n) is 6.03. The van der Waals surface area contributed by atoms with E-state index in [2.05, 4.69) is 46.2 Å². The molecule has 0 fully saturated rings. The molecule has 0 bridgehead atoms. The quantitative estimate of drug-likeness (QED) is 0.586. The lowest BCUT2D eigenvalue weighted by molar-refractivity contribution is 0.982. The van der Waals surface area contributed by atoms with Gasteiger partial charge in [0.15, 0.2) is 0 Å². The molecule has 0 aliphatic carbocycles. The summed E-state index contributed by atoms with van der Waals surface area (Å²) in [5.74, 6) is 0. The topological polar surface area (TPSA) is 0 Å². The number of hydrogen-bond donors (Lipinski definition) is 0. The van der Waals surface area contributed by atoms with Gasteiger partial charge in [-0.3, -0.25) is 0 Å². The maximum Gasteiger partial charge on any atom is 0.0468 e. The molecule has 0 radical (unpaired) electrons. The zero-order chi connectivity index (χ0) is 9.28. The van der Waals surface area contributed by atoms with E-state index in [1.807, 2.05) is 0 Å². The van der Waals surface area contributed by atoms with Crippen LogP contribution in [0.3, 0.4) is 0 Å². The van der Waals surface area contributed by atoms with Crippen LogP contribution in [0.5, 0.6) is 0 Å². The lowest BCUT2D eigenvalue weighted by Crippen LogP contribution is -2.32. The molecule has 0 N–H and O–H groups in total. The summed E-state index contributed by atoms with van der Waals surface area (Å²) in [5.41, 5.74) is 1.01. The van der Waals surface area contributed by atoms with Crippen LogP contribution in [0.4, 0.5) is 0 Å². The first kappa shape index (κ1) is 11.4. The summed E-state index contributed by atoms with van der Waals surface area (Å²) >= 11 is 0. The maximum atomic E-state index is 2.48. The molecule has 0 nitrogen and oxygen atoms in total. The molecule has 0 aromatic heterocycles. The molecule has 0 rings (SSSR count). The predicted molar refractivity (Wildman–Crippen MR) is 60.9 cm³/mol. The Hall–Kier alpha value is 0.434. The van der Waals surface area contributed by atoms with Crippen LogP contribution in [0.1, 0.15) is 6.92 Å². The Bertz CT molecular complexity index is 117. The van der Waals surface area contributed by atoms with Gasteiger partial charge in [0.05, 0.1) is 0 Å². The van der Waals surface area contributed by atoms with Crippen molar-refractivity contribution < 1.29 is 0 Å². The number of rotatable bonds is 3. The smallest absolute Gasteiger partial charge is 0.0468 e. The molecule has 1 unspecified atom stereocenters. The fourth-order valence-electron chi connectivity index (χ4n) is 1.22. The van der Waals surface area contributed by atoms with Crippen molar-refractivity contribution in [3.05, 3.63) is 0 Å². The van der Waals surface area contributed by atoms with Gasteiger partial charge in [-0.15, -0.1) is 0 Å². The zero-order valence-corrected chi connectivity index (χ0v) is 11.3. The first-order valence-electron chi connectivity index (χ1n) is 4.63. The van der Waals surface area contributed by atoms with E-state index in [0.29, 0.717) is 0 Å². The molecule has 0 saturated heterocycles. The SMILES string of the molecule is CC(C[Si](C)(C)C)[Si](C)(C)C. The van der Waals surface area contributed by atoms with Gasteiger partial charge in [-0.25, -0.2) is 0 Å². The highest BCUT2D eigenvalue weighted by Crippen LogP contribution is 2.30. The average molecular weight is 188 g/mol. The van der Waals surface area contributed by atoms with Gasteiger partial charge in [0.2, 0.25) is 0 Å². The molecule has 0 amide bonds. The molecule has 11 heavy (non-hydrogen) atoms. The third-order valence-corrected chi connectivity index (χ3v) is 7.80. The first-order chi connectivity index (χ1) is 4.63. The Balaban J connectivity index is 3.99. The van der Waals surface area contributed by atoms with Gasteiger partial charge >= 0.3 is 0 Å². The normalized spacial score (nSPS) is 16.6. The summed E-state index contributed by atoms with van der Waals surface area (Å²) in [5, 5.41) is 0. The van der Waals surface area contributed by atoms with Crippen LogP contribution < -0.4 is 0 Å². The average Bonchev–Trinajstić information content (AvgIpc) is 1.56. The minimum absolute atomic E-state index is 0.795. The maximum absolute atomic E-state index is 2.48. The monoisotopic (exact) mass is 188 g/mol. The summed E-state index contributed by atoms with van der Waals surface area (Å²) in [6.07, 6.45) is 0. The highest BCUT2D eigenvalue weighted by Gasteiger charge is 2.27. The van der Waals surface area contributed by atoms with Crippen LogP contribution in [-0.4, -0.2) is 16.1 Å². The molecule has 0 aromatic carbocycles. The molecule has 68 valence electrons. The van der Waals surface area contributed by atoms with Crippen LogP contribution in [0, 0.1) is 0 Å². The Morgan fingerprint density at radius 3 is 1.36 bits per heavy atom. The second kappa shape index (κ2) is 3.44. The summed E-state index contributed by atoms with van der Waals surface area (Å²) < 4.78 is 0. The van der Waals surface area contributed by atoms with Crippen LogP contribution >= 0.6 is 0 Å². The van der Waals surface area contributed by atoms with Crippen LogP contribution in [-0.2, 0) is 0 Å². The highest BCUT2D eigenvalue weighted by atomic mass is 28.3. The van der Waals surface area contributed by atoms with Crippen molar-refractivity contribution in [2.45, 2.75) is 57.8 Å². The Labute approximate surface area is 74.4 Å². The van der Waals surface area contributed by atoms with E-state index in [9.17, 15) is 0 Å². The Morgan fingerprint density at radius 2 is 1.27 bits per heavy atom. The van der Waals surface area contributed by atoms with Gasteiger partial charge in [-0.2, -0.15) is 0 Å². The van der Waals surface area contributed by atoms with Crippen LogP contribution in [0.15, 0.2) is 0 Å². The molecular formula is C9H24Si2. The molecule has 0 aromatic rings. The molecule has 1 atom stereocenters.